The highest BCUT2D eigenvalue weighted by atomic mass is 32.2. The van der Waals surface area contributed by atoms with E-state index in [1.807, 2.05) is 24.3 Å². The van der Waals surface area contributed by atoms with Gasteiger partial charge >= 0.3 is 0 Å². The van der Waals surface area contributed by atoms with E-state index in [-0.39, 0.29) is 6.04 Å². The van der Waals surface area contributed by atoms with Gasteiger partial charge in [-0.05, 0) is 42.7 Å². The summed E-state index contributed by atoms with van der Waals surface area (Å²) in [5, 5.41) is 3.46. The number of hydrogen-bond acceptors (Lipinski definition) is 3. The number of rotatable bonds is 5. The van der Waals surface area contributed by atoms with Crippen molar-refractivity contribution in [2.45, 2.75) is 31.3 Å². The van der Waals surface area contributed by atoms with E-state index in [0.717, 1.165) is 5.56 Å². The Kier molecular flexibility index (Phi) is 4.80. The third kappa shape index (κ3) is 4.16. The Hall–Kier alpha value is -1.65. The molecule has 1 unspecified atom stereocenters. The summed E-state index contributed by atoms with van der Waals surface area (Å²) in [6.45, 7) is 4.95. The highest BCUT2D eigenvalue weighted by Gasteiger charge is 2.08. The first kappa shape index (κ1) is 15.7. The van der Waals surface area contributed by atoms with E-state index in [4.69, 9.17) is 0 Å². The quantitative estimate of drug-likeness (QED) is 0.922. The van der Waals surface area contributed by atoms with Crippen LogP contribution < -0.4 is 5.32 Å². The summed E-state index contributed by atoms with van der Waals surface area (Å²) in [6, 6.07) is 15.6. The summed E-state index contributed by atoms with van der Waals surface area (Å²) in [6.07, 6.45) is 1.22. The molecule has 0 aliphatic carbocycles. The molecule has 2 rings (SSSR count). The first-order valence-electron chi connectivity index (χ1n) is 6.96. The lowest BCUT2D eigenvalue weighted by Crippen LogP contribution is -2.18. The topological polar surface area (TPSA) is 46.2 Å². The lowest BCUT2D eigenvalue weighted by atomic mass is 10.0. The van der Waals surface area contributed by atoms with Crippen molar-refractivity contribution >= 4 is 9.84 Å². The molecule has 21 heavy (non-hydrogen) atoms. The molecule has 2 aromatic rings. The minimum Gasteiger partial charge on any atom is -0.306 e. The molecule has 0 radical (unpaired) electrons. The van der Waals surface area contributed by atoms with Gasteiger partial charge in [0, 0.05) is 18.8 Å². The Labute approximate surface area is 126 Å². The number of aryl methyl sites for hydroxylation is 1. The van der Waals surface area contributed by atoms with Gasteiger partial charge in [0.05, 0.1) is 4.90 Å². The smallest absolute Gasteiger partial charge is 0.175 e. The molecule has 1 atom stereocenters. The minimum absolute atomic E-state index is 0.251. The van der Waals surface area contributed by atoms with Crippen LogP contribution >= 0.6 is 0 Å². The number of nitrogens with one attached hydrogen (secondary N) is 1. The van der Waals surface area contributed by atoms with Crippen LogP contribution in [-0.2, 0) is 16.4 Å². The Morgan fingerprint density at radius 1 is 1.05 bits per heavy atom. The minimum atomic E-state index is -3.12. The van der Waals surface area contributed by atoms with Crippen LogP contribution in [0.15, 0.2) is 53.4 Å². The van der Waals surface area contributed by atoms with Crippen LogP contribution in [0.4, 0.5) is 0 Å². The number of benzene rings is 2. The molecule has 0 saturated heterocycles. The average molecular weight is 303 g/mol. The molecule has 0 spiro atoms. The van der Waals surface area contributed by atoms with Crippen molar-refractivity contribution in [2.24, 2.45) is 0 Å². The van der Waals surface area contributed by atoms with Crippen LogP contribution in [0.25, 0.3) is 0 Å². The van der Waals surface area contributed by atoms with Crippen LogP contribution in [0, 0.1) is 6.92 Å². The van der Waals surface area contributed by atoms with Gasteiger partial charge in [-0.2, -0.15) is 0 Å². The van der Waals surface area contributed by atoms with Crippen molar-refractivity contribution in [1.82, 2.24) is 5.32 Å². The molecule has 0 bridgehead atoms. The van der Waals surface area contributed by atoms with Gasteiger partial charge in [0.2, 0.25) is 0 Å². The largest absolute Gasteiger partial charge is 0.306 e. The standard InChI is InChI=1S/C17H21NO2S/c1-13-6-4-5-7-17(13)14(2)18-12-15-8-10-16(11-9-15)21(3,19)20/h4-11,14,18H,12H2,1-3H3. The molecule has 112 valence electrons. The molecule has 0 heterocycles. The SMILES string of the molecule is Cc1ccccc1C(C)NCc1ccc(S(C)(=O)=O)cc1. The second kappa shape index (κ2) is 6.41. The van der Waals surface area contributed by atoms with Gasteiger partial charge in [0.25, 0.3) is 0 Å². The second-order valence-corrected chi connectivity index (χ2v) is 7.39. The van der Waals surface area contributed by atoms with Gasteiger partial charge in [-0.3, -0.25) is 0 Å². The van der Waals surface area contributed by atoms with Crippen LogP contribution in [0.5, 0.6) is 0 Å². The van der Waals surface area contributed by atoms with Crippen molar-refractivity contribution < 1.29 is 8.42 Å². The highest BCUT2D eigenvalue weighted by molar-refractivity contribution is 7.90. The van der Waals surface area contributed by atoms with Crippen LogP contribution in [0.2, 0.25) is 0 Å². The molecule has 0 aliphatic rings. The van der Waals surface area contributed by atoms with Crippen LogP contribution in [-0.4, -0.2) is 14.7 Å². The second-order valence-electron chi connectivity index (χ2n) is 5.38. The molecule has 0 aromatic heterocycles. The molecular weight excluding hydrogens is 282 g/mol. The van der Waals surface area contributed by atoms with E-state index in [9.17, 15) is 8.42 Å². The molecule has 2 aromatic carbocycles. The van der Waals surface area contributed by atoms with E-state index in [0.29, 0.717) is 11.4 Å². The zero-order chi connectivity index (χ0) is 15.5. The molecular formula is C17H21NO2S. The fourth-order valence-electron chi connectivity index (χ4n) is 2.31. The Morgan fingerprint density at radius 3 is 2.24 bits per heavy atom. The lowest BCUT2D eigenvalue weighted by Gasteiger charge is -2.16. The Morgan fingerprint density at radius 2 is 1.67 bits per heavy atom. The van der Waals surface area contributed by atoms with E-state index in [1.165, 1.54) is 17.4 Å². The summed E-state index contributed by atoms with van der Waals surface area (Å²) < 4.78 is 22.8. The van der Waals surface area contributed by atoms with Crippen molar-refractivity contribution in [1.29, 1.82) is 0 Å². The summed E-state index contributed by atoms with van der Waals surface area (Å²) in [5.74, 6) is 0. The average Bonchev–Trinajstić information content (AvgIpc) is 2.45. The van der Waals surface area contributed by atoms with Gasteiger partial charge in [0.1, 0.15) is 0 Å². The van der Waals surface area contributed by atoms with Crippen molar-refractivity contribution in [3.8, 4) is 0 Å². The fraction of sp³-hybridized carbons (Fsp3) is 0.294. The maximum atomic E-state index is 11.4. The van der Waals surface area contributed by atoms with Crippen molar-refractivity contribution in [2.75, 3.05) is 6.26 Å². The zero-order valence-corrected chi connectivity index (χ0v) is 13.4. The maximum absolute atomic E-state index is 11.4. The fourth-order valence-corrected chi connectivity index (χ4v) is 2.94. The van der Waals surface area contributed by atoms with Crippen molar-refractivity contribution in [3.05, 3.63) is 65.2 Å². The zero-order valence-electron chi connectivity index (χ0n) is 12.6. The Balaban J connectivity index is 2.02. The first-order chi connectivity index (χ1) is 9.88. The summed E-state index contributed by atoms with van der Waals surface area (Å²) in [4.78, 5) is 0.359. The highest BCUT2D eigenvalue weighted by Crippen LogP contribution is 2.17. The van der Waals surface area contributed by atoms with Crippen LogP contribution in [0.1, 0.15) is 29.7 Å². The molecule has 4 heteroatoms. The molecule has 3 nitrogen and oxygen atoms in total. The molecule has 0 amide bonds. The molecule has 1 N–H and O–H groups in total. The van der Waals surface area contributed by atoms with Crippen LogP contribution in [0.3, 0.4) is 0 Å². The first-order valence-corrected chi connectivity index (χ1v) is 8.85. The van der Waals surface area contributed by atoms with E-state index >= 15 is 0 Å². The van der Waals surface area contributed by atoms with E-state index in [2.05, 4.69) is 31.3 Å². The summed E-state index contributed by atoms with van der Waals surface area (Å²) >= 11 is 0. The van der Waals surface area contributed by atoms with Gasteiger partial charge in [0.15, 0.2) is 9.84 Å². The Bertz CT molecular complexity index is 706. The molecule has 0 aliphatic heterocycles. The lowest BCUT2D eigenvalue weighted by molar-refractivity contribution is 0.572. The van der Waals surface area contributed by atoms with Crippen molar-refractivity contribution in [3.63, 3.8) is 0 Å². The maximum Gasteiger partial charge on any atom is 0.175 e. The predicted octanol–water partition coefficient (Wildman–Crippen LogP) is 3.25. The third-order valence-electron chi connectivity index (χ3n) is 3.62. The van der Waals surface area contributed by atoms with Gasteiger partial charge < -0.3 is 5.32 Å². The monoisotopic (exact) mass is 303 g/mol. The van der Waals surface area contributed by atoms with Gasteiger partial charge in [-0.1, -0.05) is 36.4 Å². The van der Waals surface area contributed by atoms with Gasteiger partial charge in [-0.25, -0.2) is 8.42 Å². The third-order valence-corrected chi connectivity index (χ3v) is 4.75. The molecule has 0 fully saturated rings. The summed E-state index contributed by atoms with van der Waals surface area (Å²) in [7, 11) is -3.12. The number of sulfone groups is 1. The van der Waals surface area contributed by atoms with E-state index < -0.39 is 9.84 Å². The molecule has 0 saturated carbocycles. The predicted molar refractivity (Wildman–Crippen MR) is 86.0 cm³/mol. The number of hydrogen-bond donors (Lipinski definition) is 1. The van der Waals surface area contributed by atoms with Gasteiger partial charge in [-0.15, -0.1) is 0 Å². The van der Waals surface area contributed by atoms with E-state index in [1.54, 1.807) is 12.1 Å². The summed E-state index contributed by atoms with van der Waals surface area (Å²) in [5.41, 5.74) is 3.62. The normalized spacial score (nSPS) is 13.1.